The van der Waals surface area contributed by atoms with Gasteiger partial charge in [-0.1, -0.05) is 12.6 Å². The van der Waals surface area contributed by atoms with Crippen LogP contribution >= 0.6 is 0 Å². The van der Waals surface area contributed by atoms with Gasteiger partial charge in [-0.15, -0.1) is 0 Å². The fourth-order valence-electron chi connectivity index (χ4n) is 1.46. The third-order valence-corrected chi connectivity index (χ3v) is 2.79. The molecule has 9 heteroatoms. The van der Waals surface area contributed by atoms with Gasteiger partial charge >= 0.3 is 6.18 Å². The third-order valence-electron chi connectivity index (χ3n) is 2.79. The quantitative estimate of drug-likeness (QED) is 0.388. The van der Waals surface area contributed by atoms with Crippen molar-refractivity contribution in [3.05, 3.63) is 53.6 Å². The van der Waals surface area contributed by atoms with E-state index in [1.807, 2.05) is 0 Å². The number of halogens is 4. The maximum absolute atomic E-state index is 13.9. The molecule has 0 saturated carbocycles. The van der Waals surface area contributed by atoms with Gasteiger partial charge in [0.05, 0.1) is 11.3 Å². The lowest BCUT2D eigenvalue weighted by Gasteiger charge is -2.13. The Hall–Kier alpha value is -2.84. The van der Waals surface area contributed by atoms with Gasteiger partial charge in [-0.25, -0.2) is 9.38 Å². The highest BCUT2D eigenvalue weighted by atomic mass is 19.4. The van der Waals surface area contributed by atoms with Crippen LogP contribution in [-0.4, -0.2) is 11.7 Å². The summed E-state index contributed by atoms with van der Waals surface area (Å²) in [6, 6.07) is 2.79. The third kappa shape index (κ3) is 4.56. The topological polar surface area (TPSA) is 100 Å². The summed E-state index contributed by atoms with van der Waals surface area (Å²) in [5.41, 5.74) is 9.16. The normalized spacial score (nSPS) is 13.3. The van der Waals surface area contributed by atoms with E-state index in [4.69, 9.17) is 16.9 Å². The van der Waals surface area contributed by atoms with Crippen molar-refractivity contribution in [2.45, 2.75) is 13.1 Å². The molecule has 0 unspecified atom stereocenters. The highest BCUT2D eigenvalue weighted by molar-refractivity contribution is 6.04. The van der Waals surface area contributed by atoms with Crippen LogP contribution in [0.25, 0.3) is 0 Å². The Balaban J connectivity index is 3.23. The van der Waals surface area contributed by atoms with Gasteiger partial charge in [-0.2, -0.15) is 13.2 Å². The van der Waals surface area contributed by atoms with Crippen LogP contribution in [0, 0.1) is 11.2 Å². The standard InChI is InChI=1S/C14H15F4N5/c1-3-10(23-13(21)7(2)12(19)20)22-9-6-4-5-8(11(9)15)14(16,17)18/h3-6H,1,21H2,2H3,(H3,19,20)(H,22,23)/b13-7+. The first-order chi connectivity index (χ1) is 10.6. The van der Waals surface area contributed by atoms with Gasteiger partial charge in [-0.05, 0) is 25.1 Å². The lowest BCUT2D eigenvalue weighted by molar-refractivity contribution is -0.139. The van der Waals surface area contributed by atoms with Crippen LogP contribution in [0.5, 0.6) is 0 Å². The molecule has 5 nitrogen and oxygen atoms in total. The Morgan fingerprint density at radius 3 is 2.43 bits per heavy atom. The number of hydrogen-bond acceptors (Lipinski definition) is 3. The Morgan fingerprint density at radius 1 is 1.35 bits per heavy atom. The molecule has 1 aromatic carbocycles. The van der Waals surface area contributed by atoms with E-state index in [2.05, 4.69) is 16.9 Å². The molecule has 1 rings (SSSR count). The smallest absolute Gasteiger partial charge is 0.384 e. The molecule has 23 heavy (non-hydrogen) atoms. The number of nitrogens with zero attached hydrogens (tertiary/aromatic N) is 1. The molecule has 6 N–H and O–H groups in total. The van der Waals surface area contributed by atoms with Gasteiger partial charge in [0.15, 0.2) is 5.82 Å². The molecule has 0 fully saturated rings. The maximum atomic E-state index is 13.9. The van der Waals surface area contributed by atoms with E-state index in [0.717, 1.165) is 18.2 Å². The van der Waals surface area contributed by atoms with Crippen LogP contribution in [0.3, 0.4) is 0 Å². The van der Waals surface area contributed by atoms with E-state index in [1.165, 1.54) is 6.92 Å². The van der Waals surface area contributed by atoms with Crippen LogP contribution in [0.1, 0.15) is 12.5 Å². The lowest BCUT2D eigenvalue weighted by atomic mass is 10.1. The minimum atomic E-state index is -4.82. The number of hydrogen-bond donors (Lipinski definition) is 4. The van der Waals surface area contributed by atoms with Crippen LogP contribution in [0.2, 0.25) is 0 Å². The average molecular weight is 329 g/mol. The fraction of sp³-hybridized carbons (Fsp3) is 0.143. The van der Waals surface area contributed by atoms with E-state index >= 15 is 0 Å². The molecule has 0 saturated heterocycles. The fourth-order valence-corrected chi connectivity index (χ4v) is 1.46. The Morgan fingerprint density at radius 2 is 1.96 bits per heavy atom. The Bertz CT molecular complexity index is 689. The highest BCUT2D eigenvalue weighted by Gasteiger charge is 2.34. The minimum Gasteiger partial charge on any atom is -0.384 e. The van der Waals surface area contributed by atoms with Gasteiger partial charge in [0.1, 0.15) is 17.5 Å². The van der Waals surface area contributed by atoms with Gasteiger partial charge in [0.25, 0.3) is 0 Å². The molecule has 0 bridgehead atoms. The van der Waals surface area contributed by atoms with E-state index < -0.39 is 23.2 Å². The first kappa shape index (κ1) is 18.2. The van der Waals surface area contributed by atoms with Crippen molar-refractivity contribution in [2.24, 2.45) is 16.5 Å². The van der Waals surface area contributed by atoms with Gasteiger partial charge in [0, 0.05) is 5.57 Å². The van der Waals surface area contributed by atoms with E-state index in [1.54, 1.807) is 0 Å². The number of alkyl halides is 3. The van der Waals surface area contributed by atoms with Crippen molar-refractivity contribution in [1.29, 1.82) is 5.41 Å². The summed E-state index contributed by atoms with van der Waals surface area (Å²) in [5, 5.41) is 9.59. The number of benzene rings is 1. The first-order valence-corrected chi connectivity index (χ1v) is 6.22. The molecule has 0 spiro atoms. The number of anilines is 1. The number of nitrogens with two attached hydrogens (primary N) is 2. The number of amidine groups is 2. The summed E-state index contributed by atoms with van der Waals surface area (Å²) < 4.78 is 51.9. The summed E-state index contributed by atoms with van der Waals surface area (Å²) in [6.07, 6.45) is -3.68. The number of aliphatic imine (C=N–C) groups is 1. The zero-order valence-electron chi connectivity index (χ0n) is 12.1. The van der Waals surface area contributed by atoms with Gasteiger partial charge in [0.2, 0.25) is 0 Å². The number of rotatable bonds is 4. The van der Waals surface area contributed by atoms with Crippen molar-refractivity contribution in [3.8, 4) is 0 Å². The average Bonchev–Trinajstić information content (AvgIpc) is 2.46. The molecular formula is C14H15F4N5. The molecule has 0 radical (unpaired) electrons. The van der Waals surface area contributed by atoms with Gasteiger partial charge < -0.3 is 16.8 Å². The van der Waals surface area contributed by atoms with Crippen molar-refractivity contribution >= 4 is 17.4 Å². The molecule has 124 valence electrons. The molecule has 0 aliphatic rings. The Kier molecular flexibility index (Phi) is 5.50. The van der Waals surface area contributed by atoms with E-state index in [0.29, 0.717) is 6.07 Å². The molecule has 0 heterocycles. The molecule has 0 aromatic heterocycles. The summed E-state index contributed by atoms with van der Waals surface area (Å²) in [7, 11) is 0. The van der Waals surface area contributed by atoms with Crippen molar-refractivity contribution in [1.82, 2.24) is 0 Å². The second-order valence-electron chi connectivity index (χ2n) is 4.41. The second kappa shape index (κ2) is 6.95. The summed E-state index contributed by atoms with van der Waals surface area (Å²) in [4.78, 5) is 3.82. The summed E-state index contributed by atoms with van der Waals surface area (Å²) >= 11 is 0. The maximum Gasteiger partial charge on any atom is 0.419 e. The van der Waals surface area contributed by atoms with Crippen LogP contribution in [0.15, 0.2) is 47.2 Å². The second-order valence-corrected chi connectivity index (χ2v) is 4.41. The zero-order chi connectivity index (χ0) is 17.8. The molecule has 0 amide bonds. The molecule has 1 aromatic rings. The monoisotopic (exact) mass is 329 g/mol. The van der Waals surface area contributed by atoms with E-state index in [-0.39, 0.29) is 23.1 Å². The largest absolute Gasteiger partial charge is 0.419 e. The van der Waals surface area contributed by atoms with Gasteiger partial charge in [-0.3, -0.25) is 5.41 Å². The zero-order valence-corrected chi connectivity index (χ0v) is 12.1. The molecule has 0 aliphatic heterocycles. The molecule has 0 aliphatic carbocycles. The predicted molar refractivity (Wildman–Crippen MR) is 81.5 cm³/mol. The minimum absolute atomic E-state index is 0.0960. The van der Waals surface area contributed by atoms with E-state index in [9.17, 15) is 17.6 Å². The van der Waals surface area contributed by atoms with Crippen molar-refractivity contribution in [3.63, 3.8) is 0 Å². The molecular weight excluding hydrogens is 314 g/mol. The SMILES string of the molecule is C=C/C(=N\C(N)=C(/C)C(=N)N)Nc1cccc(C(F)(F)F)c1F. The van der Waals surface area contributed by atoms with Crippen LogP contribution in [0.4, 0.5) is 23.2 Å². The number of nitrogens with one attached hydrogen (secondary N) is 2. The van der Waals surface area contributed by atoms with Crippen LogP contribution < -0.4 is 16.8 Å². The summed E-state index contributed by atoms with van der Waals surface area (Å²) in [5.74, 6) is -2.03. The molecule has 0 atom stereocenters. The lowest BCUT2D eigenvalue weighted by Crippen LogP contribution is -2.18. The van der Waals surface area contributed by atoms with Crippen molar-refractivity contribution in [2.75, 3.05) is 5.32 Å². The predicted octanol–water partition coefficient (Wildman–Crippen LogP) is 2.97. The van der Waals surface area contributed by atoms with Crippen molar-refractivity contribution < 1.29 is 17.6 Å². The summed E-state index contributed by atoms with van der Waals surface area (Å²) in [6.45, 7) is 4.85. The van der Waals surface area contributed by atoms with Crippen LogP contribution in [-0.2, 0) is 6.18 Å². The first-order valence-electron chi connectivity index (χ1n) is 6.22. The highest BCUT2D eigenvalue weighted by Crippen LogP contribution is 2.33. The Labute approximate surface area is 129 Å².